The van der Waals surface area contributed by atoms with Crippen LogP contribution in [0, 0.1) is 0 Å². The summed E-state index contributed by atoms with van der Waals surface area (Å²) in [5, 5.41) is 0. The minimum absolute atomic E-state index is 0.0374. The molecule has 0 atom stereocenters. The van der Waals surface area contributed by atoms with Gasteiger partial charge in [0.1, 0.15) is 0 Å². The average Bonchev–Trinajstić information content (AvgIpc) is 2.76. The normalized spacial score (nSPS) is 17.5. The number of hydrogen-bond acceptors (Lipinski definition) is 3. The Balaban J connectivity index is 1.59. The highest BCUT2D eigenvalue weighted by Gasteiger charge is 2.37. The third kappa shape index (κ3) is 6.65. The maximum Gasteiger partial charge on any atom is 0.416 e. The molecular formula is C23H25F6NOS. The fourth-order valence-electron chi connectivity index (χ4n) is 3.77. The van der Waals surface area contributed by atoms with Crippen molar-refractivity contribution in [1.29, 1.82) is 0 Å². The Morgan fingerprint density at radius 2 is 1.47 bits per heavy atom. The summed E-state index contributed by atoms with van der Waals surface area (Å²) in [6.45, 7) is 1.74. The van der Waals surface area contributed by atoms with Gasteiger partial charge in [-0.2, -0.15) is 26.3 Å². The average molecular weight is 478 g/mol. The molecule has 0 N–H and O–H groups in total. The van der Waals surface area contributed by atoms with E-state index in [0.29, 0.717) is 19.6 Å². The van der Waals surface area contributed by atoms with Gasteiger partial charge in [-0.1, -0.05) is 18.2 Å². The first-order valence-electron chi connectivity index (χ1n) is 10.2. The highest BCUT2D eigenvalue weighted by atomic mass is 32.2. The zero-order chi connectivity index (χ0) is 23.4. The van der Waals surface area contributed by atoms with Crippen LogP contribution in [0.15, 0.2) is 53.4 Å². The van der Waals surface area contributed by atoms with Crippen LogP contribution in [0.3, 0.4) is 0 Å². The summed E-state index contributed by atoms with van der Waals surface area (Å²) in [6.07, 6.45) is -8.03. The minimum Gasteiger partial charge on any atom is -0.377 e. The molecule has 0 aromatic heterocycles. The van der Waals surface area contributed by atoms with Gasteiger partial charge in [0.15, 0.2) is 0 Å². The van der Waals surface area contributed by atoms with Gasteiger partial charge in [-0.15, -0.1) is 11.8 Å². The van der Waals surface area contributed by atoms with Crippen LogP contribution in [-0.2, 0) is 23.5 Å². The smallest absolute Gasteiger partial charge is 0.377 e. The Hall–Kier alpha value is -1.71. The van der Waals surface area contributed by atoms with Crippen molar-refractivity contribution >= 4 is 11.8 Å². The van der Waals surface area contributed by atoms with Gasteiger partial charge < -0.3 is 9.64 Å². The third-order valence-corrected chi connectivity index (χ3v) is 7.09. The number of piperidine rings is 1. The summed E-state index contributed by atoms with van der Waals surface area (Å²) >= 11 is 1.71. The molecule has 0 unspecified atom stereocenters. The van der Waals surface area contributed by atoms with Gasteiger partial charge in [0, 0.05) is 37.4 Å². The monoisotopic (exact) mass is 477 g/mol. The van der Waals surface area contributed by atoms with Crippen molar-refractivity contribution in [3.8, 4) is 0 Å². The highest BCUT2D eigenvalue weighted by molar-refractivity contribution is 7.99. The molecule has 1 saturated heterocycles. The predicted octanol–water partition coefficient (Wildman–Crippen LogP) is 6.54. The number of ether oxygens (including phenoxy) is 1. The second kappa shape index (κ2) is 10.1. The molecule has 1 aliphatic rings. The summed E-state index contributed by atoms with van der Waals surface area (Å²) in [4.78, 5) is 3.22. The Labute approximate surface area is 187 Å². The Bertz CT molecular complexity index is 844. The maximum absolute atomic E-state index is 13.1. The minimum atomic E-state index is -4.82. The number of nitrogens with zero attached hydrogens (tertiary/aromatic N) is 1. The molecule has 1 aliphatic heterocycles. The van der Waals surface area contributed by atoms with Gasteiger partial charge in [-0.3, -0.25) is 0 Å². The zero-order valence-electron chi connectivity index (χ0n) is 17.6. The molecule has 32 heavy (non-hydrogen) atoms. The quantitative estimate of drug-likeness (QED) is 0.332. The van der Waals surface area contributed by atoms with Crippen molar-refractivity contribution in [3.05, 3.63) is 65.2 Å². The van der Waals surface area contributed by atoms with Crippen molar-refractivity contribution in [1.82, 2.24) is 4.90 Å². The second-order valence-corrected chi connectivity index (χ2v) is 9.04. The first-order chi connectivity index (χ1) is 15.0. The lowest BCUT2D eigenvalue weighted by Gasteiger charge is -2.40. The Kier molecular flexibility index (Phi) is 7.83. The molecule has 2 aromatic rings. The number of rotatable bonds is 7. The molecule has 0 saturated carbocycles. The number of benzene rings is 2. The molecule has 176 valence electrons. The summed E-state index contributed by atoms with van der Waals surface area (Å²) in [6, 6.07) is 11.8. The lowest BCUT2D eigenvalue weighted by molar-refractivity contribution is -0.143. The number of alkyl halides is 6. The van der Waals surface area contributed by atoms with Gasteiger partial charge in [0.25, 0.3) is 0 Å². The van der Waals surface area contributed by atoms with E-state index in [1.54, 1.807) is 18.9 Å². The molecule has 3 rings (SSSR count). The number of halogens is 6. The van der Waals surface area contributed by atoms with E-state index in [0.717, 1.165) is 35.6 Å². The molecule has 0 amide bonds. The van der Waals surface area contributed by atoms with E-state index in [1.165, 1.54) is 0 Å². The molecule has 9 heteroatoms. The number of likely N-dealkylation sites (tertiary alicyclic amines) is 1. The number of hydrogen-bond donors (Lipinski definition) is 0. The molecule has 1 fully saturated rings. The molecule has 0 radical (unpaired) electrons. The van der Waals surface area contributed by atoms with Gasteiger partial charge in [0.05, 0.1) is 16.7 Å². The summed E-state index contributed by atoms with van der Waals surface area (Å²) in [7, 11) is 1.68. The van der Waals surface area contributed by atoms with Crippen LogP contribution in [0.5, 0.6) is 0 Å². The van der Waals surface area contributed by atoms with Crippen LogP contribution in [-0.4, -0.2) is 43.0 Å². The van der Waals surface area contributed by atoms with Crippen LogP contribution in [0.1, 0.15) is 29.5 Å². The van der Waals surface area contributed by atoms with E-state index in [1.807, 2.05) is 30.3 Å². The molecule has 0 bridgehead atoms. The fraction of sp³-hybridized carbons (Fsp3) is 0.478. The van der Waals surface area contributed by atoms with E-state index < -0.39 is 23.5 Å². The van der Waals surface area contributed by atoms with E-state index in [2.05, 4.69) is 4.90 Å². The SMILES string of the molecule is COC1(CSc2ccccc2)CCN(CCc2cc(C(F)(F)F)cc(C(F)(F)F)c2)CC1. The molecular weight excluding hydrogens is 452 g/mol. The summed E-state index contributed by atoms with van der Waals surface area (Å²) in [5.41, 5.74) is -2.79. The van der Waals surface area contributed by atoms with Crippen LogP contribution < -0.4 is 0 Å². The Morgan fingerprint density at radius 1 is 0.906 bits per heavy atom. The number of methoxy groups -OCH3 is 1. The van der Waals surface area contributed by atoms with Crippen LogP contribution in [0.25, 0.3) is 0 Å². The largest absolute Gasteiger partial charge is 0.416 e. The second-order valence-electron chi connectivity index (χ2n) is 7.99. The van der Waals surface area contributed by atoms with Gasteiger partial charge in [-0.05, 0) is 55.2 Å². The lowest BCUT2D eigenvalue weighted by Crippen LogP contribution is -2.47. The molecule has 1 heterocycles. The fourth-order valence-corrected chi connectivity index (χ4v) is 4.96. The molecule has 0 spiro atoms. The van der Waals surface area contributed by atoms with Crippen molar-refractivity contribution in [3.63, 3.8) is 0 Å². The maximum atomic E-state index is 13.1. The third-order valence-electron chi connectivity index (χ3n) is 5.81. The van der Waals surface area contributed by atoms with Crippen LogP contribution >= 0.6 is 11.8 Å². The standard InChI is InChI=1S/C23H25F6NOS/c1-31-21(16-32-20-5-3-2-4-6-20)8-11-30(12-9-21)10-7-17-13-18(22(24,25)26)15-19(14-17)23(27,28)29/h2-6,13-15H,7-12,16H2,1H3. The number of thioether (sulfide) groups is 1. The highest BCUT2D eigenvalue weighted by Crippen LogP contribution is 2.37. The van der Waals surface area contributed by atoms with E-state index >= 15 is 0 Å². The van der Waals surface area contributed by atoms with E-state index in [-0.39, 0.29) is 23.7 Å². The van der Waals surface area contributed by atoms with Crippen molar-refractivity contribution in [2.45, 2.75) is 42.1 Å². The van der Waals surface area contributed by atoms with E-state index in [4.69, 9.17) is 4.74 Å². The van der Waals surface area contributed by atoms with Gasteiger partial charge in [-0.25, -0.2) is 0 Å². The van der Waals surface area contributed by atoms with Crippen molar-refractivity contribution in [2.24, 2.45) is 0 Å². The molecule has 0 aliphatic carbocycles. The summed E-state index contributed by atoms with van der Waals surface area (Å²) < 4.78 is 84.2. The van der Waals surface area contributed by atoms with Crippen molar-refractivity contribution < 1.29 is 31.1 Å². The Morgan fingerprint density at radius 3 is 1.97 bits per heavy atom. The van der Waals surface area contributed by atoms with Crippen molar-refractivity contribution in [2.75, 3.05) is 32.5 Å². The lowest BCUT2D eigenvalue weighted by atomic mass is 9.92. The molecule has 2 aromatic carbocycles. The van der Waals surface area contributed by atoms with Gasteiger partial charge >= 0.3 is 12.4 Å². The zero-order valence-corrected chi connectivity index (χ0v) is 18.4. The first-order valence-corrected chi connectivity index (χ1v) is 11.2. The van der Waals surface area contributed by atoms with Gasteiger partial charge in [0.2, 0.25) is 0 Å². The van der Waals surface area contributed by atoms with Crippen LogP contribution in [0.2, 0.25) is 0 Å². The predicted molar refractivity (Wildman–Crippen MR) is 113 cm³/mol. The topological polar surface area (TPSA) is 12.5 Å². The first kappa shape index (κ1) is 24.9. The van der Waals surface area contributed by atoms with E-state index in [9.17, 15) is 26.3 Å². The van der Waals surface area contributed by atoms with Crippen LogP contribution in [0.4, 0.5) is 26.3 Å². The molecule has 2 nitrogen and oxygen atoms in total. The summed E-state index contributed by atoms with van der Waals surface area (Å²) in [5.74, 6) is 0.782.